The van der Waals surface area contributed by atoms with Crippen molar-refractivity contribution >= 4 is 33.8 Å². The highest BCUT2D eigenvalue weighted by Gasteiger charge is 2.43. The summed E-state index contributed by atoms with van der Waals surface area (Å²) in [6, 6.07) is 6.53. The second kappa shape index (κ2) is 11.6. The van der Waals surface area contributed by atoms with Crippen LogP contribution in [0.3, 0.4) is 0 Å². The number of pyridine rings is 1. The first kappa shape index (κ1) is 29.1. The van der Waals surface area contributed by atoms with E-state index in [0.29, 0.717) is 47.6 Å². The number of nitrogen functional groups attached to an aromatic ring is 1. The molecule has 11 nitrogen and oxygen atoms in total. The van der Waals surface area contributed by atoms with E-state index in [1.807, 2.05) is 11.0 Å². The molecule has 12 heteroatoms. The molecule has 43 heavy (non-hydrogen) atoms. The van der Waals surface area contributed by atoms with Crippen LogP contribution in [0.25, 0.3) is 11.5 Å². The number of hydrogen-bond acceptors (Lipinski definition) is 11. The third-order valence-electron chi connectivity index (χ3n) is 9.27. The summed E-state index contributed by atoms with van der Waals surface area (Å²) in [5.74, 6) is 1.75. The van der Waals surface area contributed by atoms with Crippen molar-refractivity contribution in [3.63, 3.8) is 0 Å². The predicted octanol–water partition coefficient (Wildman–Crippen LogP) is 3.65. The molecule has 2 aliphatic heterocycles. The fraction of sp³-hybridized carbons (Fsp3) is 0.516. The molecule has 1 aliphatic carbocycles. The van der Waals surface area contributed by atoms with Crippen LogP contribution < -0.4 is 15.5 Å². The number of rotatable bonds is 6. The van der Waals surface area contributed by atoms with Crippen molar-refractivity contribution in [3.8, 4) is 17.6 Å². The van der Waals surface area contributed by atoms with Gasteiger partial charge in [-0.15, -0.1) is 11.3 Å². The molecule has 3 aromatic heterocycles. The predicted molar refractivity (Wildman–Crippen MR) is 168 cm³/mol. The molecule has 226 valence electrons. The van der Waals surface area contributed by atoms with Crippen LogP contribution in [-0.2, 0) is 16.6 Å². The Bertz CT molecular complexity index is 1570. The zero-order valence-corrected chi connectivity index (χ0v) is 26.0. The van der Waals surface area contributed by atoms with E-state index in [1.54, 1.807) is 0 Å². The van der Waals surface area contributed by atoms with Gasteiger partial charge < -0.3 is 29.9 Å². The smallest absolute Gasteiger partial charge is 0.246 e. The molecule has 3 aliphatic rings. The number of hydrogen-bond donors (Lipinski definition) is 1. The molecule has 0 bridgehead atoms. The minimum absolute atomic E-state index is 0.0389. The third kappa shape index (κ3) is 5.25. The van der Waals surface area contributed by atoms with Gasteiger partial charge >= 0.3 is 0 Å². The quantitative estimate of drug-likeness (QED) is 0.418. The molecular formula is C31H39N9O2S. The normalized spacial score (nSPS) is 22.7. The van der Waals surface area contributed by atoms with Crippen molar-refractivity contribution in [2.75, 3.05) is 67.9 Å². The summed E-state index contributed by atoms with van der Waals surface area (Å²) >= 11 is 1.49. The van der Waals surface area contributed by atoms with Crippen molar-refractivity contribution in [1.82, 2.24) is 24.9 Å². The average Bonchev–Trinajstić information content (AvgIpc) is 3.66. The van der Waals surface area contributed by atoms with Gasteiger partial charge in [-0.3, -0.25) is 4.79 Å². The lowest BCUT2D eigenvalue weighted by molar-refractivity contribution is -0.128. The topological polar surface area (TPSA) is 132 Å². The minimum atomic E-state index is -0.599. The summed E-state index contributed by atoms with van der Waals surface area (Å²) in [5, 5.41) is 14.9. The maximum Gasteiger partial charge on any atom is 0.246 e. The van der Waals surface area contributed by atoms with Crippen molar-refractivity contribution in [3.05, 3.63) is 46.7 Å². The summed E-state index contributed by atoms with van der Waals surface area (Å²) < 4.78 is 5.96. The fourth-order valence-corrected chi connectivity index (χ4v) is 7.94. The molecule has 0 saturated carbocycles. The number of nitriles is 1. The van der Waals surface area contributed by atoms with E-state index in [0.717, 1.165) is 73.9 Å². The fourth-order valence-electron chi connectivity index (χ4n) is 6.75. The van der Waals surface area contributed by atoms with E-state index in [-0.39, 0.29) is 11.9 Å². The van der Waals surface area contributed by atoms with Crippen LogP contribution >= 0.6 is 11.3 Å². The van der Waals surface area contributed by atoms with Gasteiger partial charge in [0.15, 0.2) is 0 Å². The number of carbonyl (C=O) groups excluding carboxylic acids is 1. The Hall–Kier alpha value is -3.95. The van der Waals surface area contributed by atoms with Gasteiger partial charge in [0, 0.05) is 74.0 Å². The van der Waals surface area contributed by atoms with E-state index in [4.69, 9.17) is 20.2 Å². The lowest BCUT2D eigenvalue weighted by Gasteiger charge is -2.41. The van der Waals surface area contributed by atoms with Gasteiger partial charge in [-0.25, -0.2) is 4.98 Å². The lowest BCUT2D eigenvalue weighted by Crippen LogP contribution is -2.53. The lowest BCUT2D eigenvalue weighted by atomic mass is 9.72. The number of carbonyl (C=O) groups is 1. The van der Waals surface area contributed by atoms with Crippen LogP contribution in [0, 0.1) is 11.3 Å². The number of nitrogens with zero attached hydrogens (tertiary/aromatic N) is 8. The molecule has 2 fully saturated rings. The zero-order chi connectivity index (χ0) is 30.3. The molecule has 3 aromatic rings. The Kier molecular flexibility index (Phi) is 7.87. The first-order valence-corrected chi connectivity index (χ1v) is 15.9. The molecule has 5 heterocycles. The summed E-state index contributed by atoms with van der Waals surface area (Å²) in [6.07, 6.45) is 4.02. The monoisotopic (exact) mass is 601 g/mol. The number of thiophene rings is 1. The van der Waals surface area contributed by atoms with Gasteiger partial charge in [0.2, 0.25) is 17.6 Å². The number of piperazine rings is 2. The van der Waals surface area contributed by atoms with Gasteiger partial charge in [0.05, 0.1) is 11.0 Å². The van der Waals surface area contributed by atoms with E-state index >= 15 is 0 Å². The standard InChI is InChI=1S/C31H39N9O2S/c1-5-26(41)40-15-14-39(19-20(40)3)21-16-23(34-25(17-21)38-12-10-37(6-2)11-13-38)29-35-30(42-36-29)31(4)9-7-8-24-27(31)22(18-32)28(33)43-24/h5,16-17,20H,1,6-15,19,33H2,2-4H3. The minimum Gasteiger partial charge on any atom is -0.389 e. The van der Waals surface area contributed by atoms with E-state index in [9.17, 15) is 10.1 Å². The Labute approximate surface area is 256 Å². The highest BCUT2D eigenvalue weighted by atomic mass is 32.1. The van der Waals surface area contributed by atoms with Crippen molar-refractivity contribution in [2.24, 2.45) is 0 Å². The Balaban J connectivity index is 1.36. The first-order valence-electron chi connectivity index (χ1n) is 15.1. The summed E-state index contributed by atoms with van der Waals surface area (Å²) in [7, 11) is 0. The highest BCUT2D eigenvalue weighted by molar-refractivity contribution is 7.16. The SMILES string of the molecule is C=CC(=O)N1CCN(c2cc(-c3noc(C4(C)CCCc5sc(N)c(C#N)c54)n3)nc(N3CCN(CC)CC3)c2)CC1C. The maximum atomic E-state index is 12.4. The van der Waals surface area contributed by atoms with Crippen molar-refractivity contribution in [1.29, 1.82) is 5.26 Å². The van der Waals surface area contributed by atoms with E-state index in [1.165, 1.54) is 17.4 Å². The second-order valence-electron chi connectivity index (χ2n) is 11.9. The third-order valence-corrected chi connectivity index (χ3v) is 10.3. The van der Waals surface area contributed by atoms with Gasteiger partial charge in [-0.05, 0) is 51.8 Å². The number of aryl methyl sites for hydroxylation is 1. The average molecular weight is 602 g/mol. The Morgan fingerprint density at radius 2 is 2.00 bits per heavy atom. The number of likely N-dealkylation sites (N-methyl/N-ethyl adjacent to an activating group) is 1. The molecule has 2 atom stereocenters. The molecule has 1 amide bonds. The first-order chi connectivity index (χ1) is 20.7. The van der Waals surface area contributed by atoms with Gasteiger partial charge in [0.1, 0.15) is 22.6 Å². The van der Waals surface area contributed by atoms with Gasteiger partial charge in [-0.1, -0.05) is 18.7 Å². The maximum absolute atomic E-state index is 12.4. The Morgan fingerprint density at radius 3 is 2.70 bits per heavy atom. The molecule has 0 radical (unpaired) electrons. The van der Waals surface area contributed by atoms with Crippen LogP contribution in [0.4, 0.5) is 16.5 Å². The van der Waals surface area contributed by atoms with Crippen LogP contribution in [0.1, 0.15) is 55.5 Å². The number of fused-ring (bicyclic) bond motifs is 1. The van der Waals surface area contributed by atoms with E-state index < -0.39 is 5.41 Å². The van der Waals surface area contributed by atoms with Crippen molar-refractivity contribution < 1.29 is 9.32 Å². The van der Waals surface area contributed by atoms with Crippen LogP contribution in [0.5, 0.6) is 0 Å². The molecule has 2 N–H and O–H groups in total. The molecule has 6 rings (SSSR count). The number of nitrogens with two attached hydrogens (primary N) is 1. The number of aromatic nitrogens is 3. The summed E-state index contributed by atoms with van der Waals surface area (Å²) in [4.78, 5) is 32.4. The second-order valence-corrected chi connectivity index (χ2v) is 13.0. The molecule has 0 aromatic carbocycles. The van der Waals surface area contributed by atoms with Gasteiger partial charge in [-0.2, -0.15) is 10.2 Å². The van der Waals surface area contributed by atoms with E-state index in [2.05, 4.69) is 59.3 Å². The number of anilines is 3. The molecule has 2 saturated heterocycles. The molecule has 2 unspecified atom stereocenters. The summed E-state index contributed by atoms with van der Waals surface area (Å²) in [6.45, 7) is 16.8. The Morgan fingerprint density at radius 1 is 1.23 bits per heavy atom. The molecular weight excluding hydrogens is 562 g/mol. The molecule has 0 spiro atoms. The van der Waals surface area contributed by atoms with Crippen LogP contribution in [0.2, 0.25) is 0 Å². The number of amides is 1. The zero-order valence-electron chi connectivity index (χ0n) is 25.2. The van der Waals surface area contributed by atoms with Crippen LogP contribution in [-0.4, -0.2) is 89.2 Å². The van der Waals surface area contributed by atoms with Crippen LogP contribution in [0.15, 0.2) is 29.3 Å². The summed E-state index contributed by atoms with van der Waals surface area (Å²) in [5.41, 5.74) is 8.76. The van der Waals surface area contributed by atoms with Crippen molar-refractivity contribution in [2.45, 2.75) is 51.5 Å². The van der Waals surface area contributed by atoms with Gasteiger partial charge in [0.25, 0.3) is 0 Å². The largest absolute Gasteiger partial charge is 0.389 e. The highest BCUT2D eigenvalue weighted by Crippen LogP contribution is 2.48.